The van der Waals surface area contributed by atoms with E-state index >= 15 is 0 Å². The summed E-state index contributed by atoms with van der Waals surface area (Å²) in [7, 11) is 0. The van der Waals surface area contributed by atoms with E-state index < -0.39 is 41.3 Å². The average molecular weight is 730 g/mol. The third kappa shape index (κ3) is 9.79. The molecule has 10 nitrogen and oxygen atoms in total. The number of urea groups is 1. The van der Waals surface area contributed by atoms with E-state index in [0.29, 0.717) is 23.8 Å². The molecule has 250 valence electrons. The van der Waals surface area contributed by atoms with Crippen molar-refractivity contribution in [1.82, 2.24) is 20.9 Å². The van der Waals surface area contributed by atoms with E-state index in [-0.39, 0.29) is 41.0 Å². The van der Waals surface area contributed by atoms with E-state index in [9.17, 15) is 24.0 Å². The summed E-state index contributed by atoms with van der Waals surface area (Å²) in [4.78, 5) is 68.2. The standard InChI is InChI=1S/C33H56IN5O5/c1-20(2)23-15-16-39(26(23)29(42)36-24(27(40)28(35)41)17-21-11-10-12-21)30(43)25(22-13-8-7-9-14-22)37-31(44)38-33(6,19-34)18-32(3,4)5/h20-26H,7-19H2,1-6H3,(H2,35,41)(H,36,42)(H2,37,38,44)/t23?,24?,25-,26-,33?/m0/s1. The van der Waals surface area contributed by atoms with Crippen LogP contribution in [0.3, 0.4) is 0 Å². The molecular weight excluding hydrogens is 673 g/mol. The Balaban J connectivity index is 1.86. The zero-order valence-corrected chi connectivity index (χ0v) is 29.8. The number of hydrogen-bond donors (Lipinski definition) is 4. The summed E-state index contributed by atoms with van der Waals surface area (Å²) >= 11 is 2.29. The molecule has 1 heterocycles. The number of nitrogens with two attached hydrogens (primary N) is 1. The molecule has 3 rings (SSSR count). The summed E-state index contributed by atoms with van der Waals surface area (Å²) < 4.78 is 0.716. The van der Waals surface area contributed by atoms with Crippen molar-refractivity contribution in [1.29, 1.82) is 0 Å². The lowest BCUT2D eigenvalue weighted by Crippen LogP contribution is -2.61. The Morgan fingerprint density at radius 2 is 1.55 bits per heavy atom. The minimum absolute atomic E-state index is 0.000174. The van der Waals surface area contributed by atoms with Gasteiger partial charge in [-0.25, -0.2) is 4.79 Å². The molecule has 0 spiro atoms. The number of alkyl halides is 1. The Hall–Kier alpha value is -1.92. The van der Waals surface area contributed by atoms with Crippen LogP contribution in [0.1, 0.15) is 112 Å². The first-order valence-electron chi connectivity index (χ1n) is 16.6. The summed E-state index contributed by atoms with van der Waals surface area (Å²) in [6, 6.07) is -2.93. The molecule has 5 atom stereocenters. The number of rotatable bonds is 13. The van der Waals surface area contributed by atoms with Crippen LogP contribution in [-0.4, -0.2) is 69.1 Å². The van der Waals surface area contributed by atoms with Crippen molar-refractivity contribution in [2.45, 2.75) is 136 Å². The van der Waals surface area contributed by atoms with Gasteiger partial charge in [0.05, 0.1) is 6.04 Å². The van der Waals surface area contributed by atoms with Crippen molar-refractivity contribution in [3.63, 3.8) is 0 Å². The number of nitrogens with one attached hydrogen (secondary N) is 3. The number of halogens is 1. The van der Waals surface area contributed by atoms with Gasteiger partial charge in [0, 0.05) is 16.5 Å². The average Bonchev–Trinajstić information content (AvgIpc) is 3.37. The highest BCUT2D eigenvalue weighted by Crippen LogP contribution is 2.35. The number of hydrogen-bond acceptors (Lipinski definition) is 5. The molecule has 0 radical (unpaired) electrons. The summed E-state index contributed by atoms with van der Waals surface area (Å²) in [5.41, 5.74) is 4.90. The summed E-state index contributed by atoms with van der Waals surface area (Å²) in [5, 5.41) is 9.08. The van der Waals surface area contributed by atoms with Crippen molar-refractivity contribution in [2.75, 3.05) is 11.0 Å². The van der Waals surface area contributed by atoms with Crippen molar-refractivity contribution in [3.05, 3.63) is 0 Å². The van der Waals surface area contributed by atoms with Crippen LogP contribution in [0.4, 0.5) is 4.79 Å². The smallest absolute Gasteiger partial charge is 0.315 e. The lowest BCUT2D eigenvalue weighted by atomic mass is 9.80. The molecule has 11 heteroatoms. The van der Waals surface area contributed by atoms with Crippen LogP contribution in [0.15, 0.2) is 0 Å². The Labute approximate surface area is 277 Å². The Morgan fingerprint density at radius 1 is 0.909 bits per heavy atom. The molecule has 5 N–H and O–H groups in total. The van der Waals surface area contributed by atoms with Gasteiger partial charge in [-0.15, -0.1) is 0 Å². The van der Waals surface area contributed by atoms with E-state index in [1.54, 1.807) is 4.90 Å². The molecule has 1 saturated heterocycles. The second-order valence-electron chi connectivity index (χ2n) is 15.4. The minimum atomic E-state index is -1.06. The Bertz CT molecular complexity index is 1050. The highest BCUT2D eigenvalue weighted by atomic mass is 127. The topological polar surface area (TPSA) is 151 Å². The normalized spacial score (nSPS) is 24.1. The van der Waals surface area contributed by atoms with E-state index in [4.69, 9.17) is 5.73 Å². The van der Waals surface area contributed by atoms with Gasteiger partial charge in [-0.05, 0) is 68.1 Å². The molecule has 0 aromatic rings. The van der Waals surface area contributed by atoms with Gasteiger partial charge < -0.3 is 26.6 Å². The van der Waals surface area contributed by atoms with Gasteiger partial charge in [-0.3, -0.25) is 19.2 Å². The summed E-state index contributed by atoms with van der Waals surface area (Å²) in [5.74, 6) is -2.33. The molecule has 0 aromatic carbocycles. The molecule has 2 saturated carbocycles. The lowest BCUT2D eigenvalue weighted by molar-refractivity contribution is -0.144. The second kappa shape index (κ2) is 15.6. The molecule has 0 aromatic heterocycles. The van der Waals surface area contributed by atoms with E-state index in [0.717, 1.165) is 57.8 Å². The number of primary amides is 1. The van der Waals surface area contributed by atoms with Gasteiger partial charge >= 0.3 is 6.03 Å². The molecule has 0 bridgehead atoms. The molecule has 1 aliphatic heterocycles. The fourth-order valence-electron chi connectivity index (χ4n) is 7.59. The minimum Gasteiger partial charge on any atom is -0.363 e. The first kappa shape index (κ1) is 36.5. The molecule has 44 heavy (non-hydrogen) atoms. The number of Topliss-reactive ketones (excluding diaryl/α,β-unsaturated/α-hetero) is 1. The van der Waals surface area contributed by atoms with Crippen LogP contribution >= 0.6 is 22.6 Å². The number of carbonyl (C=O) groups is 5. The molecular formula is C33H56IN5O5. The summed E-state index contributed by atoms with van der Waals surface area (Å²) in [6.45, 7) is 12.9. The molecule has 5 amide bonds. The Morgan fingerprint density at radius 3 is 2.05 bits per heavy atom. The zero-order valence-electron chi connectivity index (χ0n) is 27.7. The second-order valence-corrected chi connectivity index (χ2v) is 16.2. The predicted octanol–water partition coefficient (Wildman–Crippen LogP) is 4.47. The van der Waals surface area contributed by atoms with E-state index in [2.05, 4.69) is 59.3 Å². The van der Waals surface area contributed by atoms with Crippen LogP contribution < -0.4 is 21.7 Å². The van der Waals surface area contributed by atoms with Crippen LogP contribution in [0.2, 0.25) is 0 Å². The van der Waals surface area contributed by atoms with Crippen molar-refractivity contribution in [3.8, 4) is 0 Å². The largest absolute Gasteiger partial charge is 0.363 e. The highest BCUT2D eigenvalue weighted by Gasteiger charge is 2.47. The number of amides is 5. The van der Waals surface area contributed by atoms with Gasteiger partial charge in [0.2, 0.25) is 17.6 Å². The maximum atomic E-state index is 14.4. The third-order valence-corrected chi connectivity index (χ3v) is 11.5. The van der Waals surface area contributed by atoms with Gasteiger partial charge in [-0.1, -0.05) is 95.7 Å². The van der Waals surface area contributed by atoms with Gasteiger partial charge in [0.1, 0.15) is 12.1 Å². The van der Waals surface area contributed by atoms with Crippen molar-refractivity contribution < 1.29 is 24.0 Å². The first-order chi connectivity index (χ1) is 20.5. The zero-order chi connectivity index (χ0) is 32.8. The monoisotopic (exact) mass is 729 g/mol. The predicted molar refractivity (Wildman–Crippen MR) is 180 cm³/mol. The lowest BCUT2D eigenvalue weighted by Gasteiger charge is -2.38. The van der Waals surface area contributed by atoms with Crippen molar-refractivity contribution in [2.24, 2.45) is 34.8 Å². The molecule has 3 unspecified atom stereocenters. The number of carbonyl (C=O) groups excluding carboxylic acids is 5. The SMILES string of the molecule is CC(C)C1CCN(C(=O)[C@@H](NC(=O)NC(C)(CI)CC(C)(C)C)C2CCCCC2)[C@@H]1C(=O)NC(CC1CCC1)C(=O)C(N)=O. The van der Waals surface area contributed by atoms with Crippen LogP contribution in [0.25, 0.3) is 0 Å². The number of ketones is 1. The van der Waals surface area contributed by atoms with Crippen LogP contribution in [-0.2, 0) is 19.2 Å². The maximum Gasteiger partial charge on any atom is 0.315 e. The highest BCUT2D eigenvalue weighted by molar-refractivity contribution is 14.1. The van der Waals surface area contributed by atoms with E-state index in [1.807, 2.05) is 20.8 Å². The fourth-order valence-corrected chi connectivity index (χ4v) is 8.05. The summed E-state index contributed by atoms with van der Waals surface area (Å²) in [6.07, 6.45) is 9.48. The number of likely N-dealkylation sites (tertiary alicyclic amines) is 1. The van der Waals surface area contributed by atoms with Gasteiger partial charge in [0.25, 0.3) is 5.91 Å². The fraction of sp³-hybridized carbons (Fsp3) is 0.848. The Kier molecular flexibility index (Phi) is 12.9. The molecule has 3 aliphatic rings. The van der Waals surface area contributed by atoms with E-state index in [1.165, 1.54) is 0 Å². The van der Waals surface area contributed by atoms with Gasteiger partial charge in [0.15, 0.2) is 0 Å². The third-order valence-electron chi connectivity index (χ3n) is 9.83. The van der Waals surface area contributed by atoms with Crippen LogP contribution in [0.5, 0.6) is 0 Å². The quantitative estimate of drug-likeness (QED) is 0.125. The van der Waals surface area contributed by atoms with Gasteiger partial charge in [-0.2, -0.15) is 0 Å². The molecule has 2 aliphatic carbocycles. The molecule has 3 fully saturated rings. The first-order valence-corrected chi connectivity index (χ1v) is 18.2. The van der Waals surface area contributed by atoms with Crippen molar-refractivity contribution >= 4 is 52.1 Å². The number of nitrogens with zero attached hydrogens (tertiary/aromatic N) is 1. The van der Waals surface area contributed by atoms with Crippen LogP contribution in [0, 0.1) is 29.1 Å². The maximum absolute atomic E-state index is 14.4.